The van der Waals surface area contributed by atoms with Crippen molar-refractivity contribution in [1.29, 1.82) is 0 Å². The Morgan fingerprint density at radius 2 is 2.09 bits per heavy atom. The number of nitrogens with two attached hydrogens (primary N) is 1. The molecule has 0 aromatic heterocycles. The number of carbonyl (C=O) groups is 1. The van der Waals surface area contributed by atoms with E-state index in [1.807, 2.05) is 7.05 Å². The van der Waals surface area contributed by atoms with E-state index in [2.05, 4.69) is 5.32 Å². The number of amides is 2. The molecule has 1 aliphatic heterocycles. The van der Waals surface area contributed by atoms with Gasteiger partial charge < -0.3 is 16.0 Å². The van der Waals surface area contributed by atoms with Gasteiger partial charge >= 0.3 is 6.03 Å². The van der Waals surface area contributed by atoms with E-state index in [1.54, 1.807) is 4.90 Å². The average molecular weight is 157 g/mol. The Bertz CT molecular complexity index is 141. The molecule has 0 atom stereocenters. The Morgan fingerprint density at radius 1 is 1.55 bits per heavy atom. The summed E-state index contributed by atoms with van der Waals surface area (Å²) >= 11 is 0. The zero-order valence-corrected chi connectivity index (χ0v) is 6.84. The zero-order chi connectivity index (χ0) is 8.27. The van der Waals surface area contributed by atoms with Gasteiger partial charge in [0.1, 0.15) is 0 Å². The van der Waals surface area contributed by atoms with Gasteiger partial charge in [0.25, 0.3) is 0 Å². The van der Waals surface area contributed by atoms with Crippen molar-refractivity contribution < 1.29 is 4.79 Å². The van der Waals surface area contributed by atoms with Gasteiger partial charge in [-0.15, -0.1) is 0 Å². The van der Waals surface area contributed by atoms with Crippen molar-refractivity contribution in [2.24, 2.45) is 5.73 Å². The van der Waals surface area contributed by atoms with Crippen molar-refractivity contribution in [2.75, 3.05) is 20.1 Å². The fourth-order valence-corrected chi connectivity index (χ4v) is 1.39. The van der Waals surface area contributed by atoms with E-state index in [4.69, 9.17) is 5.73 Å². The molecule has 0 aromatic rings. The molecule has 3 N–H and O–H groups in total. The Morgan fingerprint density at radius 3 is 2.45 bits per heavy atom. The largest absolute Gasteiger partial charge is 0.351 e. The van der Waals surface area contributed by atoms with E-state index in [-0.39, 0.29) is 6.03 Å². The minimum absolute atomic E-state index is 0.292. The summed E-state index contributed by atoms with van der Waals surface area (Å²) in [6, 6.07) is 0.269. The Kier molecular flexibility index (Phi) is 2.70. The maximum absolute atomic E-state index is 10.7. The SMILES string of the molecule is CNC1CCN(C(N)=O)CC1. The van der Waals surface area contributed by atoms with Crippen LogP contribution in [0.5, 0.6) is 0 Å². The molecular weight excluding hydrogens is 142 g/mol. The molecule has 0 unspecified atom stereocenters. The van der Waals surface area contributed by atoms with Gasteiger partial charge in [-0.1, -0.05) is 0 Å². The van der Waals surface area contributed by atoms with E-state index < -0.39 is 0 Å². The summed E-state index contributed by atoms with van der Waals surface area (Å²) in [6.07, 6.45) is 2.03. The Labute approximate surface area is 66.7 Å². The molecule has 0 bridgehead atoms. The standard InChI is InChI=1S/C7H15N3O/c1-9-6-2-4-10(5-3-6)7(8)11/h6,9H,2-5H2,1H3,(H2,8,11). The molecule has 1 heterocycles. The highest BCUT2D eigenvalue weighted by molar-refractivity contribution is 5.72. The van der Waals surface area contributed by atoms with Crippen LogP contribution in [-0.4, -0.2) is 37.1 Å². The first kappa shape index (κ1) is 8.33. The van der Waals surface area contributed by atoms with Crippen LogP contribution in [0.15, 0.2) is 0 Å². The number of rotatable bonds is 1. The number of urea groups is 1. The van der Waals surface area contributed by atoms with E-state index in [9.17, 15) is 4.79 Å². The molecule has 64 valence electrons. The summed E-state index contributed by atoms with van der Waals surface area (Å²) in [7, 11) is 1.95. The van der Waals surface area contributed by atoms with Crippen molar-refractivity contribution in [3.63, 3.8) is 0 Å². The fourth-order valence-electron chi connectivity index (χ4n) is 1.39. The first-order valence-corrected chi connectivity index (χ1v) is 3.95. The lowest BCUT2D eigenvalue weighted by Gasteiger charge is -2.30. The van der Waals surface area contributed by atoms with Crippen LogP contribution in [0.25, 0.3) is 0 Å². The summed E-state index contributed by atoms with van der Waals surface area (Å²) in [6.45, 7) is 1.58. The van der Waals surface area contributed by atoms with Gasteiger partial charge in [-0.25, -0.2) is 4.79 Å². The van der Waals surface area contributed by atoms with Crippen LogP contribution in [0.4, 0.5) is 4.79 Å². The molecule has 0 radical (unpaired) electrons. The molecule has 1 saturated heterocycles. The van der Waals surface area contributed by atoms with Crippen LogP contribution in [0.1, 0.15) is 12.8 Å². The van der Waals surface area contributed by atoms with Gasteiger partial charge in [-0.2, -0.15) is 0 Å². The third kappa shape index (κ3) is 2.08. The van der Waals surface area contributed by atoms with Crippen LogP contribution in [0.3, 0.4) is 0 Å². The third-order valence-corrected chi connectivity index (χ3v) is 2.21. The quantitative estimate of drug-likeness (QED) is 0.551. The van der Waals surface area contributed by atoms with Gasteiger partial charge in [0.05, 0.1) is 0 Å². The average Bonchev–Trinajstić information content (AvgIpc) is 2.05. The smallest absolute Gasteiger partial charge is 0.314 e. The number of primary amides is 1. The molecule has 11 heavy (non-hydrogen) atoms. The maximum Gasteiger partial charge on any atom is 0.314 e. The molecular formula is C7H15N3O. The summed E-state index contributed by atoms with van der Waals surface area (Å²) in [5, 5.41) is 3.18. The molecule has 0 spiro atoms. The molecule has 0 saturated carbocycles. The number of likely N-dealkylation sites (tertiary alicyclic amines) is 1. The van der Waals surface area contributed by atoms with Crippen LogP contribution in [0, 0.1) is 0 Å². The minimum Gasteiger partial charge on any atom is -0.351 e. The fraction of sp³-hybridized carbons (Fsp3) is 0.857. The molecule has 0 aromatic carbocycles. The predicted octanol–water partition coefficient (Wildman–Crippen LogP) is -0.251. The normalized spacial score (nSPS) is 20.3. The number of piperidine rings is 1. The van der Waals surface area contributed by atoms with Crippen LogP contribution >= 0.6 is 0 Å². The first-order valence-electron chi connectivity index (χ1n) is 3.95. The van der Waals surface area contributed by atoms with Gasteiger partial charge in [-0.3, -0.25) is 0 Å². The lowest BCUT2D eigenvalue weighted by atomic mass is 10.1. The highest BCUT2D eigenvalue weighted by Crippen LogP contribution is 2.08. The lowest BCUT2D eigenvalue weighted by molar-refractivity contribution is 0.187. The predicted molar refractivity (Wildman–Crippen MR) is 43.2 cm³/mol. The minimum atomic E-state index is -0.292. The van der Waals surface area contributed by atoms with Crippen molar-refractivity contribution in [3.8, 4) is 0 Å². The summed E-state index contributed by atoms with van der Waals surface area (Å²) in [5.74, 6) is 0. The zero-order valence-electron chi connectivity index (χ0n) is 6.84. The van der Waals surface area contributed by atoms with Crippen molar-refractivity contribution in [3.05, 3.63) is 0 Å². The van der Waals surface area contributed by atoms with Gasteiger partial charge in [-0.05, 0) is 19.9 Å². The van der Waals surface area contributed by atoms with Crippen molar-refractivity contribution >= 4 is 6.03 Å². The van der Waals surface area contributed by atoms with Crippen molar-refractivity contribution in [2.45, 2.75) is 18.9 Å². The second kappa shape index (κ2) is 3.57. The Hall–Kier alpha value is -0.770. The van der Waals surface area contributed by atoms with Gasteiger partial charge in [0.2, 0.25) is 0 Å². The lowest BCUT2D eigenvalue weighted by Crippen LogP contribution is -2.46. The molecule has 2 amide bonds. The maximum atomic E-state index is 10.7. The topological polar surface area (TPSA) is 58.4 Å². The van der Waals surface area contributed by atoms with Gasteiger partial charge in [0, 0.05) is 19.1 Å². The second-order valence-corrected chi connectivity index (χ2v) is 2.89. The van der Waals surface area contributed by atoms with Crippen LogP contribution < -0.4 is 11.1 Å². The van der Waals surface area contributed by atoms with Crippen molar-refractivity contribution in [1.82, 2.24) is 10.2 Å². The third-order valence-electron chi connectivity index (χ3n) is 2.21. The molecule has 4 heteroatoms. The van der Waals surface area contributed by atoms with E-state index in [0.717, 1.165) is 25.9 Å². The molecule has 1 fully saturated rings. The van der Waals surface area contributed by atoms with E-state index in [0.29, 0.717) is 6.04 Å². The number of hydrogen-bond acceptors (Lipinski definition) is 2. The van der Waals surface area contributed by atoms with Crippen LogP contribution in [0.2, 0.25) is 0 Å². The number of nitrogens with zero attached hydrogens (tertiary/aromatic N) is 1. The van der Waals surface area contributed by atoms with Crippen LogP contribution in [-0.2, 0) is 0 Å². The molecule has 1 aliphatic rings. The second-order valence-electron chi connectivity index (χ2n) is 2.89. The van der Waals surface area contributed by atoms with E-state index >= 15 is 0 Å². The Balaban J connectivity index is 2.30. The highest BCUT2D eigenvalue weighted by atomic mass is 16.2. The highest BCUT2D eigenvalue weighted by Gasteiger charge is 2.19. The number of hydrogen-bond donors (Lipinski definition) is 2. The summed E-state index contributed by atoms with van der Waals surface area (Å²) < 4.78 is 0. The molecule has 1 rings (SSSR count). The van der Waals surface area contributed by atoms with Gasteiger partial charge in [0.15, 0.2) is 0 Å². The first-order chi connectivity index (χ1) is 5.24. The molecule has 0 aliphatic carbocycles. The molecule has 4 nitrogen and oxygen atoms in total. The number of carbonyl (C=O) groups excluding carboxylic acids is 1. The summed E-state index contributed by atoms with van der Waals surface area (Å²) in [5.41, 5.74) is 5.12. The monoisotopic (exact) mass is 157 g/mol. The number of nitrogens with one attached hydrogen (secondary N) is 1. The summed E-state index contributed by atoms with van der Waals surface area (Å²) in [4.78, 5) is 12.4. The van der Waals surface area contributed by atoms with E-state index in [1.165, 1.54) is 0 Å².